The molecule has 1 fully saturated rings. The normalized spacial score (nSPS) is 26.6. The molecule has 1 aliphatic heterocycles. The van der Waals surface area contributed by atoms with Crippen LogP contribution in [0.25, 0.3) is 0 Å². The van der Waals surface area contributed by atoms with Gasteiger partial charge in [0.25, 0.3) is 0 Å². The van der Waals surface area contributed by atoms with Gasteiger partial charge in [-0.3, -0.25) is 0 Å². The van der Waals surface area contributed by atoms with Crippen molar-refractivity contribution in [3.8, 4) is 0 Å². The predicted octanol–water partition coefficient (Wildman–Crippen LogP) is 0.604. The molecule has 1 heterocycles. The van der Waals surface area contributed by atoms with E-state index in [1.54, 1.807) is 6.04 Å². The Labute approximate surface area is 54.0 Å². The van der Waals surface area contributed by atoms with Gasteiger partial charge in [-0.1, -0.05) is 13.3 Å². The molecule has 0 aromatic rings. The van der Waals surface area contributed by atoms with E-state index in [9.17, 15) is 0 Å². The minimum atomic E-state index is 0.256. The molecule has 0 aromatic carbocycles. The summed E-state index contributed by atoms with van der Waals surface area (Å²) in [6, 6.07) is 1.56. The summed E-state index contributed by atoms with van der Waals surface area (Å²) in [5.74, 6) is 0. The molecule has 0 aliphatic carbocycles. The first-order chi connectivity index (χ1) is 3.93. The molecule has 0 aromatic heterocycles. The molecule has 0 unspecified atom stereocenters. The van der Waals surface area contributed by atoms with Gasteiger partial charge in [0.05, 0.1) is 9.68 Å². The van der Waals surface area contributed by atoms with E-state index in [0.29, 0.717) is 0 Å². The Morgan fingerprint density at radius 3 is 2.75 bits per heavy atom. The van der Waals surface area contributed by atoms with Gasteiger partial charge in [-0.25, -0.2) is 0 Å². The van der Waals surface area contributed by atoms with E-state index in [4.69, 9.17) is 0 Å². The molecular formula is C6H15NSi. The molecule has 0 spiro atoms. The third kappa shape index (κ3) is 1.60. The molecule has 0 radical (unpaired) electrons. The maximum absolute atomic E-state index is 2.66. The molecule has 1 rings (SSSR count). The lowest BCUT2D eigenvalue weighted by molar-refractivity contribution is 0.427. The van der Waals surface area contributed by atoms with Gasteiger partial charge in [0.1, 0.15) is 0 Å². The van der Waals surface area contributed by atoms with Crippen molar-refractivity contribution in [3.63, 3.8) is 0 Å². The molecule has 0 bridgehead atoms. The van der Waals surface area contributed by atoms with Gasteiger partial charge in [-0.05, 0) is 25.6 Å². The van der Waals surface area contributed by atoms with Crippen LogP contribution in [-0.4, -0.2) is 27.3 Å². The van der Waals surface area contributed by atoms with E-state index >= 15 is 0 Å². The molecule has 8 heavy (non-hydrogen) atoms. The van der Waals surface area contributed by atoms with Crippen LogP contribution in [0.15, 0.2) is 0 Å². The van der Waals surface area contributed by atoms with Gasteiger partial charge in [-0.15, -0.1) is 0 Å². The van der Waals surface area contributed by atoms with Gasteiger partial charge < -0.3 is 4.57 Å². The summed E-state index contributed by atoms with van der Waals surface area (Å²) in [6.07, 6.45) is 2.98. The van der Waals surface area contributed by atoms with Crippen molar-refractivity contribution in [1.29, 1.82) is 0 Å². The minimum Gasteiger partial charge on any atom is -0.329 e. The average molecular weight is 129 g/mol. The lowest BCUT2D eigenvalue weighted by atomic mass is 10.3. The summed E-state index contributed by atoms with van der Waals surface area (Å²) in [7, 11) is 0.256. The minimum absolute atomic E-state index is 0.256. The van der Waals surface area contributed by atoms with Gasteiger partial charge >= 0.3 is 0 Å². The van der Waals surface area contributed by atoms with Crippen molar-refractivity contribution in [3.05, 3.63) is 0 Å². The topological polar surface area (TPSA) is 3.24 Å². The number of hydrogen-bond donors (Lipinski definition) is 0. The highest BCUT2D eigenvalue weighted by Gasteiger charge is 2.06. The standard InChI is InChI=1S/C6H15NSi/c1-2-7-5-3-4-6-8-7/h2-6,8H2,1H3. The fraction of sp³-hybridized carbons (Fsp3) is 1.00. The van der Waals surface area contributed by atoms with E-state index in [1.165, 1.54) is 25.9 Å². The van der Waals surface area contributed by atoms with Crippen molar-refractivity contribution >= 4 is 9.68 Å². The maximum Gasteiger partial charge on any atom is 0.0950 e. The Hall–Kier alpha value is 0.177. The number of hydrogen-bond acceptors (Lipinski definition) is 1. The summed E-state index contributed by atoms with van der Waals surface area (Å²) >= 11 is 0. The molecule has 1 nitrogen and oxygen atoms in total. The van der Waals surface area contributed by atoms with Crippen LogP contribution in [0.3, 0.4) is 0 Å². The van der Waals surface area contributed by atoms with Crippen LogP contribution in [0, 0.1) is 0 Å². The van der Waals surface area contributed by atoms with E-state index in [-0.39, 0.29) is 9.68 Å². The first kappa shape index (κ1) is 6.30. The second-order valence-corrected chi connectivity index (χ2v) is 4.54. The Morgan fingerprint density at radius 1 is 1.50 bits per heavy atom. The van der Waals surface area contributed by atoms with Crippen LogP contribution in [0.5, 0.6) is 0 Å². The first-order valence-corrected chi connectivity index (χ1v) is 5.29. The molecule has 0 N–H and O–H groups in total. The molecule has 1 aliphatic rings. The van der Waals surface area contributed by atoms with E-state index in [0.717, 1.165) is 0 Å². The fourth-order valence-electron chi connectivity index (χ4n) is 1.28. The molecule has 0 amide bonds. The number of rotatable bonds is 1. The summed E-state index contributed by atoms with van der Waals surface area (Å²) < 4.78 is 2.66. The molecule has 48 valence electrons. The van der Waals surface area contributed by atoms with Crippen molar-refractivity contribution < 1.29 is 0 Å². The van der Waals surface area contributed by atoms with Crippen molar-refractivity contribution in [2.45, 2.75) is 25.8 Å². The number of nitrogens with zero attached hydrogens (tertiary/aromatic N) is 1. The highest BCUT2D eigenvalue weighted by atomic mass is 28.2. The molecular weight excluding hydrogens is 114 g/mol. The average Bonchev–Trinajstić information content (AvgIpc) is 1.90. The van der Waals surface area contributed by atoms with E-state index in [2.05, 4.69) is 11.5 Å². The zero-order valence-electron chi connectivity index (χ0n) is 5.69. The van der Waals surface area contributed by atoms with Gasteiger partial charge in [0, 0.05) is 0 Å². The lowest BCUT2D eigenvalue weighted by Crippen LogP contribution is -2.31. The summed E-state index contributed by atoms with van der Waals surface area (Å²) in [4.78, 5) is 0. The Morgan fingerprint density at radius 2 is 2.38 bits per heavy atom. The first-order valence-electron chi connectivity index (χ1n) is 3.66. The SMILES string of the molecule is CCN1CCCC[SiH2]1. The van der Waals surface area contributed by atoms with Crippen molar-refractivity contribution in [1.82, 2.24) is 4.57 Å². The van der Waals surface area contributed by atoms with Crippen LogP contribution in [0.4, 0.5) is 0 Å². The van der Waals surface area contributed by atoms with Crippen LogP contribution >= 0.6 is 0 Å². The van der Waals surface area contributed by atoms with Crippen LogP contribution in [-0.2, 0) is 0 Å². The Kier molecular flexibility index (Phi) is 2.56. The second-order valence-electron chi connectivity index (χ2n) is 2.49. The molecule has 0 saturated carbocycles. The zero-order valence-corrected chi connectivity index (χ0v) is 7.10. The van der Waals surface area contributed by atoms with Gasteiger partial charge in [0.2, 0.25) is 0 Å². The van der Waals surface area contributed by atoms with Crippen LogP contribution < -0.4 is 0 Å². The monoisotopic (exact) mass is 129 g/mol. The lowest BCUT2D eigenvalue weighted by Gasteiger charge is -2.23. The largest absolute Gasteiger partial charge is 0.329 e. The smallest absolute Gasteiger partial charge is 0.0950 e. The fourth-order valence-corrected chi connectivity index (χ4v) is 3.06. The van der Waals surface area contributed by atoms with Crippen molar-refractivity contribution in [2.24, 2.45) is 0 Å². The predicted molar refractivity (Wildman–Crippen MR) is 39.8 cm³/mol. The molecule has 2 heteroatoms. The van der Waals surface area contributed by atoms with E-state index in [1.807, 2.05) is 0 Å². The molecule has 1 saturated heterocycles. The zero-order chi connectivity index (χ0) is 5.82. The summed E-state index contributed by atoms with van der Waals surface area (Å²) in [6.45, 7) is 4.99. The Bertz CT molecular complexity index is 59.5. The van der Waals surface area contributed by atoms with E-state index < -0.39 is 0 Å². The maximum atomic E-state index is 2.66. The highest BCUT2D eigenvalue weighted by molar-refractivity contribution is 6.32. The quantitative estimate of drug-likeness (QED) is 0.469. The highest BCUT2D eigenvalue weighted by Crippen LogP contribution is 2.05. The molecule has 0 atom stereocenters. The van der Waals surface area contributed by atoms with Crippen LogP contribution in [0.1, 0.15) is 19.8 Å². The summed E-state index contributed by atoms with van der Waals surface area (Å²) in [5.41, 5.74) is 0. The van der Waals surface area contributed by atoms with Gasteiger partial charge in [0.15, 0.2) is 0 Å². The third-order valence-electron chi connectivity index (χ3n) is 1.90. The summed E-state index contributed by atoms with van der Waals surface area (Å²) in [5, 5.41) is 0. The van der Waals surface area contributed by atoms with Crippen molar-refractivity contribution in [2.75, 3.05) is 13.1 Å². The Balaban J connectivity index is 2.13. The second kappa shape index (κ2) is 3.25. The third-order valence-corrected chi connectivity index (χ3v) is 4.11. The van der Waals surface area contributed by atoms with Gasteiger partial charge in [-0.2, -0.15) is 0 Å². The van der Waals surface area contributed by atoms with Crippen LogP contribution in [0.2, 0.25) is 6.04 Å².